The third-order valence-electron chi connectivity index (χ3n) is 3.60. The Hall–Kier alpha value is -0.160. The van der Waals surface area contributed by atoms with Crippen LogP contribution in [0.4, 0.5) is 0 Å². The molecule has 1 aliphatic carbocycles. The second-order valence-corrected chi connectivity index (χ2v) is 4.63. The van der Waals surface area contributed by atoms with E-state index in [2.05, 4.69) is 10.6 Å². The van der Waals surface area contributed by atoms with Crippen LogP contribution >= 0.6 is 0 Å². The van der Waals surface area contributed by atoms with Crippen molar-refractivity contribution < 1.29 is 9.47 Å². The zero-order chi connectivity index (χ0) is 10.7. The Morgan fingerprint density at radius 2 is 1.87 bits per heavy atom. The van der Waals surface area contributed by atoms with Crippen molar-refractivity contribution >= 4 is 0 Å². The maximum atomic E-state index is 5.31. The second-order valence-electron chi connectivity index (χ2n) is 4.63. The Balaban J connectivity index is 1.56. The number of hydrogen-bond donors (Lipinski definition) is 2. The van der Waals surface area contributed by atoms with Crippen molar-refractivity contribution in [2.24, 2.45) is 0 Å². The number of hydrogen-bond acceptors (Lipinski definition) is 4. The topological polar surface area (TPSA) is 42.5 Å². The Morgan fingerprint density at radius 1 is 1.13 bits per heavy atom. The molecular formula is C11H22N2O2. The van der Waals surface area contributed by atoms with Crippen LogP contribution in [0, 0.1) is 0 Å². The average Bonchev–Trinajstić information content (AvgIpc) is 2.64. The molecule has 0 aromatic rings. The summed E-state index contributed by atoms with van der Waals surface area (Å²) in [4.78, 5) is 0. The van der Waals surface area contributed by atoms with Crippen molar-refractivity contribution in [1.82, 2.24) is 10.6 Å². The Bertz CT molecular complexity index is 195. The Morgan fingerprint density at radius 3 is 2.47 bits per heavy atom. The van der Waals surface area contributed by atoms with Crippen molar-refractivity contribution in [3.63, 3.8) is 0 Å². The van der Waals surface area contributed by atoms with Gasteiger partial charge in [0.2, 0.25) is 0 Å². The van der Waals surface area contributed by atoms with E-state index in [9.17, 15) is 0 Å². The molecule has 2 rings (SSSR count). The Labute approximate surface area is 91.7 Å². The van der Waals surface area contributed by atoms with E-state index in [0.717, 1.165) is 32.4 Å². The van der Waals surface area contributed by atoms with Crippen LogP contribution in [0.15, 0.2) is 0 Å². The summed E-state index contributed by atoms with van der Waals surface area (Å²) < 4.78 is 10.6. The van der Waals surface area contributed by atoms with Gasteiger partial charge in [0.1, 0.15) is 0 Å². The van der Waals surface area contributed by atoms with Crippen LogP contribution in [-0.2, 0) is 9.47 Å². The van der Waals surface area contributed by atoms with Crippen molar-refractivity contribution in [3.05, 3.63) is 0 Å². The highest BCUT2D eigenvalue weighted by molar-refractivity contribution is 4.89. The lowest BCUT2D eigenvalue weighted by molar-refractivity contribution is 0.0169. The van der Waals surface area contributed by atoms with E-state index < -0.39 is 0 Å². The Kier molecular flexibility index (Phi) is 3.97. The van der Waals surface area contributed by atoms with Crippen LogP contribution in [0.2, 0.25) is 0 Å². The molecule has 15 heavy (non-hydrogen) atoms. The third kappa shape index (κ3) is 2.91. The van der Waals surface area contributed by atoms with Gasteiger partial charge in [-0.2, -0.15) is 0 Å². The summed E-state index contributed by atoms with van der Waals surface area (Å²) in [6, 6.07) is 1.25. The van der Waals surface area contributed by atoms with Crippen LogP contribution < -0.4 is 10.6 Å². The summed E-state index contributed by atoms with van der Waals surface area (Å²) >= 11 is 0. The second kappa shape index (κ2) is 5.25. The molecule has 0 aromatic carbocycles. The first-order chi connectivity index (χ1) is 7.31. The molecule has 2 aliphatic rings. The summed E-state index contributed by atoms with van der Waals surface area (Å²) in [7, 11) is 3.58. The number of ether oxygens (including phenoxy) is 2. The van der Waals surface area contributed by atoms with Gasteiger partial charge in [0.25, 0.3) is 0 Å². The molecule has 1 saturated heterocycles. The maximum Gasteiger partial charge on any atom is 0.0711 e. The van der Waals surface area contributed by atoms with Gasteiger partial charge in [-0.15, -0.1) is 0 Å². The van der Waals surface area contributed by atoms with Crippen LogP contribution in [0.25, 0.3) is 0 Å². The molecule has 2 unspecified atom stereocenters. The summed E-state index contributed by atoms with van der Waals surface area (Å²) in [6.45, 7) is 2.05. The molecule has 0 amide bonds. The fourth-order valence-corrected chi connectivity index (χ4v) is 2.35. The molecule has 1 heterocycles. The molecule has 1 saturated carbocycles. The van der Waals surface area contributed by atoms with Crippen LogP contribution in [-0.4, -0.2) is 51.6 Å². The standard InChI is InChI=1S/C11H22N2O2/c1-14-10-3-8(4-10)12-6-9-5-11(15-2)7-13-9/h8-13H,3-7H2,1-2H3. The van der Waals surface area contributed by atoms with Gasteiger partial charge in [-0.05, 0) is 19.3 Å². The minimum Gasteiger partial charge on any atom is -0.381 e. The molecule has 88 valence electrons. The zero-order valence-corrected chi connectivity index (χ0v) is 9.66. The SMILES string of the molecule is COC1CNC(CNC2CC(OC)C2)C1. The van der Waals surface area contributed by atoms with Crippen molar-refractivity contribution in [2.75, 3.05) is 27.3 Å². The molecule has 2 N–H and O–H groups in total. The maximum absolute atomic E-state index is 5.31. The zero-order valence-electron chi connectivity index (χ0n) is 9.66. The first-order valence-electron chi connectivity index (χ1n) is 5.84. The molecule has 4 heteroatoms. The predicted molar refractivity (Wildman–Crippen MR) is 59.0 cm³/mol. The molecule has 1 aliphatic heterocycles. The summed E-state index contributed by atoms with van der Waals surface area (Å²) in [5.74, 6) is 0. The first kappa shape index (κ1) is 11.3. The fourth-order valence-electron chi connectivity index (χ4n) is 2.35. The highest BCUT2D eigenvalue weighted by Gasteiger charge is 2.30. The third-order valence-corrected chi connectivity index (χ3v) is 3.60. The van der Waals surface area contributed by atoms with Crippen molar-refractivity contribution in [1.29, 1.82) is 0 Å². The minimum absolute atomic E-state index is 0.407. The molecule has 0 spiro atoms. The number of nitrogens with one attached hydrogen (secondary N) is 2. The van der Waals surface area contributed by atoms with Gasteiger partial charge in [-0.25, -0.2) is 0 Å². The smallest absolute Gasteiger partial charge is 0.0711 e. The molecule has 4 nitrogen and oxygen atoms in total. The molecule has 0 radical (unpaired) electrons. The van der Waals surface area contributed by atoms with Gasteiger partial charge in [0.15, 0.2) is 0 Å². The predicted octanol–water partition coefficient (Wildman–Crippen LogP) is 0.130. The van der Waals surface area contributed by atoms with Crippen LogP contribution in [0.5, 0.6) is 0 Å². The number of rotatable bonds is 5. The van der Waals surface area contributed by atoms with Gasteiger partial charge >= 0.3 is 0 Å². The van der Waals surface area contributed by atoms with Gasteiger partial charge < -0.3 is 20.1 Å². The van der Waals surface area contributed by atoms with E-state index in [4.69, 9.17) is 9.47 Å². The largest absolute Gasteiger partial charge is 0.381 e. The highest BCUT2D eigenvalue weighted by Crippen LogP contribution is 2.22. The first-order valence-corrected chi connectivity index (χ1v) is 5.84. The molecular weight excluding hydrogens is 192 g/mol. The summed E-state index contributed by atoms with van der Waals surface area (Å²) in [5, 5.41) is 7.04. The van der Waals surface area contributed by atoms with E-state index in [1.54, 1.807) is 14.2 Å². The van der Waals surface area contributed by atoms with Crippen molar-refractivity contribution in [3.8, 4) is 0 Å². The van der Waals surface area contributed by atoms with E-state index in [1.807, 2.05) is 0 Å². The van der Waals surface area contributed by atoms with Crippen LogP contribution in [0.3, 0.4) is 0 Å². The normalized spacial score (nSPS) is 40.4. The van der Waals surface area contributed by atoms with Gasteiger partial charge in [0, 0.05) is 39.4 Å². The lowest BCUT2D eigenvalue weighted by Crippen LogP contribution is -2.48. The number of methoxy groups -OCH3 is 2. The van der Waals surface area contributed by atoms with Gasteiger partial charge in [0.05, 0.1) is 12.2 Å². The van der Waals surface area contributed by atoms with Gasteiger partial charge in [-0.1, -0.05) is 0 Å². The summed E-state index contributed by atoms with van der Waals surface area (Å²) in [6.07, 6.45) is 4.35. The quantitative estimate of drug-likeness (QED) is 0.683. The van der Waals surface area contributed by atoms with E-state index in [0.29, 0.717) is 24.3 Å². The molecule has 0 bridgehead atoms. The molecule has 2 atom stereocenters. The molecule has 0 aromatic heterocycles. The van der Waals surface area contributed by atoms with E-state index in [1.165, 1.54) is 0 Å². The minimum atomic E-state index is 0.407. The van der Waals surface area contributed by atoms with Crippen LogP contribution in [0.1, 0.15) is 19.3 Å². The fraction of sp³-hybridized carbons (Fsp3) is 1.00. The molecule has 2 fully saturated rings. The lowest BCUT2D eigenvalue weighted by atomic mass is 9.89. The van der Waals surface area contributed by atoms with E-state index in [-0.39, 0.29) is 0 Å². The monoisotopic (exact) mass is 214 g/mol. The average molecular weight is 214 g/mol. The highest BCUT2D eigenvalue weighted by atomic mass is 16.5. The van der Waals surface area contributed by atoms with E-state index >= 15 is 0 Å². The van der Waals surface area contributed by atoms with Crippen molar-refractivity contribution in [2.45, 2.75) is 43.6 Å². The van der Waals surface area contributed by atoms with Gasteiger partial charge in [-0.3, -0.25) is 0 Å². The lowest BCUT2D eigenvalue weighted by Gasteiger charge is -2.35. The summed E-state index contributed by atoms with van der Waals surface area (Å²) in [5.41, 5.74) is 0.